The Morgan fingerprint density at radius 3 is 2.50 bits per heavy atom. The van der Waals surface area contributed by atoms with Gasteiger partial charge in [-0.05, 0) is 48.9 Å². The lowest BCUT2D eigenvalue weighted by atomic mass is 9.62. The van der Waals surface area contributed by atoms with Gasteiger partial charge in [-0.15, -0.1) is 0 Å². The summed E-state index contributed by atoms with van der Waals surface area (Å²) in [4.78, 5) is 0. The topological polar surface area (TPSA) is 12.0 Å². The maximum Gasteiger partial charge on any atom is 0.123 e. The van der Waals surface area contributed by atoms with Crippen LogP contribution in [-0.4, -0.2) is 13.1 Å². The molecule has 0 aromatic heterocycles. The molecular formula is C18H26FN. The Kier molecular flexibility index (Phi) is 4.40. The van der Waals surface area contributed by atoms with Crippen LogP contribution in [-0.2, 0) is 0 Å². The summed E-state index contributed by atoms with van der Waals surface area (Å²) in [5.74, 6) is 0.402. The van der Waals surface area contributed by atoms with E-state index < -0.39 is 0 Å². The molecule has 0 radical (unpaired) electrons. The fourth-order valence-corrected chi connectivity index (χ4v) is 4.38. The van der Waals surface area contributed by atoms with Crippen LogP contribution in [0.3, 0.4) is 0 Å². The van der Waals surface area contributed by atoms with Gasteiger partial charge in [0.1, 0.15) is 5.82 Å². The quantitative estimate of drug-likeness (QED) is 0.787. The van der Waals surface area contributed by atoms with Crippen LogP contribution in [0.4, 0.5) is 4.39 Å². The van der Waals surface area contributed by atoms with E-state index in [1.54, 1.807) is 12.1 Å². The average Bonchev–Trinajstić information content (AvgIpc) is 2.44. The lowest BCUT2D eigenvalue weighted by Crippen LogP contribution is -2.44. The number of halogens is 1. The van der Waals surface area contributed by atoms with E-state index in [-0.39, 0.29) is 5.82 Å². The maximum atomic E-state index is 13.6. The third-order valence-corrected chi connectivity index (χ3v) is 5.49. The maximum absolute atomic E-state index is 13.6. The van der Waals surface area contributed by atoms with Crippen LogP contribution >= 0.6 is 0 Å². The van der Waals surface area contributed by atoms with Crippen LogP contribution < -0.4 is 5.32 Å². The molecule has 1 aromatic carbocycles. The van der Waals surface area contributed by atoms with E-state index in [9.17, 15) is 4.39 Å². The molecule has 110 valence electrons. The summed E-state index contributed by atoms with van der Waals surface area (Å²) in [5, 5.41) is 3.54. The molecule has 2 heteroatoms. The lowest BCUT2D eigenvalue weighted by Gasteiger charge is -2.46. The van der Waals surface area contributed by atoms with E-state index in [0.29, 0.717) is 11.3 Å². The standard InChI is InChI=1S/C18H26FN/c19-16-8-6-7-15(13-16)17-14-20-12-11-18(17)9-4-2-1-3-5-10-18/h6-8,13,17,20H,1-5,9-12,14H2. The zero-order valence-corrected chi connectivity index (χ0v) is 12.3. The third kappa shape index (κ3) is 2.90. The summed E-state index contributed by atoms with van der Waals surface area (Å²) < 4.78 is 13.6. The zero-order valence-electron chi connectivity index (χ0n) is 12.3. The minimum atomic E-state index is -0.0888. The molecule has 1 nitrogen and oxygen atoms in total. The van der Waals surface area contributed by atoms with Crippen molar-refractivity contribution < 1.29 is 4.39 Å². The number of benzene rings is 1. The van der Waals surface area contributed by atoms with E-state index in [1.165, 1.54) is 56.9 Å². The fourth-order valence-electron chi connectivity index (χ4n) is 4.38. The van der Waals surface area contributed by atoms with Crippen LogP contribution in [0.2, 0.25) is 0 Å². The Balaban J connectivity index is 1.88. The van der Waals surface area contributed by atoms with E-state index in [2.05, 4.69) is 11.4 Å². The predicted molar refractivity (Wildman–Crippen MR) is 81.4 cm³/mol. The average molecular weight is 275 g/mol. The van der Waals surface area contributed by atoms with Crippen molar-refractivity contribution in [3.8, 4) is 0 Å². The molecule has 20 heavy (non-hydrogen) atoms. The molecule has 1 aromatic rings. The summed E-state index contributed by atoms with van der Waals surface area (Å²) in [6.45, 7) is 2.15. The van der Waals surface area contributed by atoms with Crippen molar-refractivity contribution in [1.82, 2.24) is 5.32 Å². The predicted octanol–water partition coefficient (Wildman–Crippen LogP) is 4.63. The van der Waals surface area contributed by atoms with Gasteiger partial charge < -0.3 is 5.32 Å². The van der Waals surface area contributed by atoms with Gasteiger partial charge in [-0.25, -0.2) is 4.39 Å². The van der Waals surface area contributed by atoms with Crippen molar-refractivity contribution in [2.75, 3.05) is 13.1 Å². The van der Waals surface area contributed by atoms with Gasteiger partial charge in [0.15, 0.2) is 0 Å². The first kappa shape index (κ1) is 14.1. The van der Waals surface area contributed by atoms with Gasteiger partial charge in [0.25, 0.3) is 0 Å². The highest BCUT2D eigenvalue weighted by Crippen LogP contribution is 2.49. The van der Waals surface area contributed by atoms with Gasteiger partial charge in [0.2, 0.25) is 0 Å². The van der Waals surface area contributed by atoms with Gasteiger partial charge in [-0.3, -0.25) is 0 Å². The first-order valence-corrected chi connectivity index (χ1v) is 8.26. The first-order valence-electron chi connectivity index (χ1n) is 8.26. The Morgan fingerprint density at radius 2 is 1.75 bits per heavy atom. The second-order valence-corrected chi connectivity index (χ2v) is 6.69. The Labute approximate surface area is 122 Å². The van der Waals surface area contributed by atoms with Crippen molar-refractivity contribution in [1.29, 1.82) is 0 Å². The molecule has 1 unspecified atom stereocenters. The molecule has 1 saturated heterocycles. The number of hydrogen-bond acceptors (Lipinski definition) is 1. The van der Waals surface area contributed by atoms with Crippen molar-refractivity contribution in [2.24, 2.45) is 5.41 Å². The first-order chi connectivity index (χ1) is 9.80. The summed E-state index contributed by atoms with van der Waals surface area (Å²) in [7, 11) is 0. The summed E-state index contributed by atoms with van der Waals surface area (Å²) in [6, 6.07) is 7.32. The normalized spacial score (nSPS) is 26.9. The van der Waals surface area contributed by atoms with Crippen LogP contribution in [0.5, 0.6) is 0 Å². The van der Waals surface area contributed by atoms with Crippen LogP contribution in [0, 0.1) is 11.2 Å². The molecule has 2 fully saturated rings. The SMILES string of the molecule is Fc1cccc(C2CNCCC23CCCCCCC3)c1. The van der Waals surface area contributed by atoms with Crippen LogP contribution in [0.25, 0.3) is 0 Å². The molecule has 1 saturated carbocycles. The highest BCUT2D eigenvalue weighted by atomic mass is 19.1. The van der Waals surface area contributed by atoms with Crippen molar-refractivity contribution in [3.05, 3.63) is 35.6 Å². The second kappa shape index (κ2) is 6.26. The van der Waals surface area contributed by atoms with E-state index in [0.717, 1.165) is 13.1 Å². The van der Waals surface area contributed by atoms with Gasteiger partial charge >= 0.3 is 0 Å². The minimum absolute atomic E-state index is 0.0888. The molecule has 0 amide bonds. The molecule has 2 aliphatic rings. The minimum Gasteiger partial charge on any atom is -0.316 e. The number of rotatable bonds is 1. The van der Waals surface area contributed by atoms with Crippen LogP contribution in [0.15, 0.2) is 24.3 Å². The smallest absolute Gasteiger partial charge is 0.123 e. The van der Waals surface area contributed by atoms with Gasteiger partial charge in [-0.1, -0.05) is 44.2 Å². The van der Waals surface area contributed by atoms with Crippen molar-refractivity contribution in [3.63, 3.8) is 0 Å². The largest absolute Gasteiger partial charge is 0.316 e. The Hall–Kier alpha value is -0.890. The molecular weight excluding hydrogens is 249 g/mol. The molecule has 1 atom stereocenters. The molecule has 0 bridgehead atoms. The monoisotopic (exact) mass is 275 g/mol. The lowest BCUT2D eigenvalue weighted by molar-refractivity contribution is 0.117. The van der Waals surface area contributed by atoms with E-state index in [1.807, 2.05) is 6.07 Å². The number of nitrogens with one attached hydrogen (secondary N) is 1. The van der Waals surface area contributed by atoms with E-state index in [4.69, 9.17) is 0 Å². The van der Waals surface area contributed by atoms with Crippen molar-refractivity contribution in [2.45, 2.75) is 57.3 Å². The van der Waals surface area contributed by atoms with Crippen molar-refractivity contribution >= 4 is 0 Å². The zero-order chi connectivity index (χ0) is 13.8. The molecule has 1 spiro atoms. The molecule has 1 aliphatic carbocycles. The number of hydrogen-bond donors (Lipinski definition) is 1. The number of piperidine rings is 1. The highest BCUT2D eigenvalue weighted by Gasteiger charge is 2.40. The van der Waals surface area contributed by atoms with Gasteiger partial charge in [-0.2, -0.15) is 0 Å². The second-order valence-electron chi connectivity index (χ2n) is 6.69. The van der Waals surface area contributed by atoms with Crippen LogP contribution in [0.1, 0.15) is 62.8 Å². The Bertz CT molecular complexity index is 435. The van der Waals surface area contributed by atoms with E-state index >= 15 is 0 Å². The molecule has 1 N–H and O–H groups in total. The summed E-state index contributed by atoms with van der Waals surface area (Å²) in [6.07, 6.45) is 10.8. The molecule has 3 rings (SSSR count). The third-order valence-electron chi connectivity index (χ3n) is 5.49. The van der Waals surface area contributed by atoms with Gasteiger partial charge in [0.05, 0.1) is 0 Å². The summed E-state index contributed by atoms with van der Waals surface area (Å²) >= 11 is 0. The molecule has 1 aliphatic heterocycles. The summed E-state index contributed by atoms with van der Waals surface area (Å²) in [5.41, 5.74) is 1.62. The molecule has 1 heterocycles. The fraction of sp³-hybridized carbons (Fsp3) is 0.667. The highest BCUT2D eigenvalue weighted by molar-refractivity contribution is 5.24. The van der Waals surface area contributed by atoms with Gasteiger partial charge in [0, 0.05) is 12.5 Å². The Morgan fingerprint density at radius 1 is 1.00 bits per heavy atom.